The van der Waals surface area contributed by atoms with E-state index in [-0.39, 0.29) is 0 Å². The first-order valence-corrected chi connectivity index (χ1v) is 20.6. The van der Waals surface area contributed by atoms with Gasteiger partial charge in [-0.2, -0.15) is 9.97 Å². The highest BCUT2D eigenvalue weighted by atomic mass is 16.3. The van der Waals surface area contributed by atoms with E-state index in [1.165, 1.54) is 0 Å². The molecule has 12 aromatic rings. The number of nitrogens with zero attached hydrogens (tertiary/aromatic N) is 4. The number of para-hydroxylation sites is 2. The van der Waals surface area contributed by atoms with Crippen LogP contribution in [0.15, 0.2) is 215 Å². The summed E-state index contributed by atoms with van der Waals surface area (Å²) in [6, 6.07) is 70.8. The van der Waals surface area contributed by atoms with Gasteiger partial charge in [-0.05, 0) is 45.5 Å². The first-order chi connectivity index (χ1) is 30.7. The molecule has 0 atom stereocenters. The number of aromatic nitrogens is 4. The summed E-state index contributed by atoms with van der Waals surface area (Å²) >= 11 is 0. The van der Waals surface area contributed by atoms with E-state index in [0.29, 0.717) is 23.1 Å². The number of benzene rings is 8. The zero-order chi connectivity index (χ0) is 41.0. The Labute approximate surface area is 356 Å². The summed E-state index contributed by atoms with van der Waals surface area (Å²) in [6.07, 6.45) is 0. The Bertz CT molecular complexity index is 3340. The van der Waals surface area contributed by atoms with Gasteiger partial charge in [0, 0.05) is 33.0 Å². The molecule has 0 spiro atoms. The van der Waals surface area contributed by atoms with Crippen LogP contribution in [0.3, 0.4) is 0 Å². The van der Waals surface area contributed by atoms with Crippen molar-refractivity contribution in [3.05, 3.63) is 206 Å². The van der Waals surface area contributed by atoms with Crippen molar-refractivity contribution in [3.8, 4) is 78.7 Å². The van der Waals surface area contributed by atoms with Crippen LogP contribution in [0.4, 0.5) is 0 Å². The molecule has 4 aromatic heterocycles. The zero-order valence-corrected chi connectivity index (χ0v) is 33.2. The molecule has 0 saturated heterocycles. The van der Waals surface area contributed by atoms with Crippen LogP contribution in [0.5, 0.6) is 0 Å². The Hall–Kier alpha value is -8.48. The van der Waals surface area contributed by atoms with Gasteiger partial charge in [-0.1, -0.05) is 194 Å². The van der Waals surface area contributed by atoms with Gasteiger partial charge in [-0.3, -0.25) is 0 Å². The van der Waals surface area contributed by atoms with Crippen molar-refractivity contribution in [2.75, 3.05) is 0 Å². The minimum Gasteiger partial charge on any atom is -0.438 e. The molecule has 0 fully saturated rings. The van der Waals surface area contributed by atoms with Gasteiger partial charge in [0.2, 0.25) is 11.4 Å². The van der Waals surface area contributed by atoms with Crippen molar-refractivity contribution in [2.45, 2.75) is 0 Å². The minimum absolute atomic E-state index is 0.564. The molecule has 12 rings (SSSR count). The average molecular weight is 795 g/mol. The van der Waals surface area contributed by atoms with E-state index in [1.54, 1.807) is 0 Å². The molecule has 0 aliphatic carbocycles. The number of fused-ring (bicyclic) bond motifs is 6. The van der Waals surface area contributed by atoms with Crippen LogP contribution in [0.25, 0.3) is 123 Å². The van der Waals surface area contributed by atoms with Crippen LogP contribution in [-0.2, 0) is 0 Å². The zero-order valence-electron chi connectivity index (χ0n) is 33.2. The molecule has 290 valence electrons. The van der Waals surface area contributed by atoms with Crippen LogP contribution in [-0.4, -0.2) is 19.9 Å². The molecular weight excluding hydrogens is 761 g/mol. The fourth-order valence-corrected chi connectivity index (χ4v) is 8.45. The van der Waals surface area contributed by atoms with Crippen LogP contribution in [0.1, 0.15) is 0 Å². The fourth-order valence-electron chi connectivity index (χ4n) is 8.45. The Morgan fingerprint density at radius 1 is 0.242 bits per heavy atom. The van der Waals surface area contributed by atoms with Gasteiger partial charge in [0.25, 0.3) is 0 Å². The van der Waals surface area contributed by atoms with Crippen molar-refractivity contribution >= 4 is 44.1 Å². The molecular formula is C56H34N4O2. The Kier molecular flexibility index (Phi) is 8.38. The average Bonchev–Trinajstić information content (AvgIpc) is 3.93. The molecule has 0 radical (unpaired) electrons. The molecule has 6 nitrogen and oxygen atoms in total. The van der Waals surface area contributed by atoms with Gasteiger partial charge in [0.1, 0.15) is 11.2 Å². The van der Waals surface area contributed by atoms with Crippen LogP contribution >= 0.6 is 0 Å². The maximum absolute atomic E-state index is 6.34. The topological polar surface area (TPSA) is 77.8 Å². The maximum atomic E-state index is 6.34. The number of furan rings is 2. The molecule has 0 saturated carbocycles. The molecule has 8 aromatic carbocycles. The summed E-state index contributed by atoms with van der Waals surface area (Å²) in [5.74, 6) is 1.23. The van der Waals surface area contributed by atoms with Crippen molar-refractivity contribution in [2.24, 2.45) is 0 Å². The van der Waals surface area contributed by atoms with Crippen molar-refractivity contribution < 1.29 is 8.83 Å². The Morgan fingerprint density at radius 2 is 0.532 bits per heavy atom. The Morgan fingerprint density at radius 3 is 0.903 bits per heavy atom. The maximum Gasteiger partial charge on any atom is 0.231 e. The molecule has 0 N–H and O–H groups in total. The predicted octanol–water partition coefficient (Wildman–Crippen LogP) is 14.7. The lowest BCUT2D eigenvalue weighted by atomic mass is 9.98. The first kappa shape index (κ1) is 35.5. The SMILES string of the molecule is c1ccc(-c2ccc(-c3nc(-c4ccc(-c5ccc(-c6nc(-c7ccc(-c8ccccc8)cc7)nc7oc8ccccc8c67)cc5)cc4)c4c(n3)oc3ccccc34)cc2)cc1. The predicted molar refractivity (Wildman–Crippen MR) is 250 cm³/mol. The summed E-state index contributed by atoms with van der Waals surface area (Å²) in [5.41, 5.74) is 14.9. The first-order valence-electron chi connectivity index (χ1n) is 20.6. The van der Waals surface area contributed by atoms with Gasteiger partial charge < -0.3 is 8.83 Å². The summed E-state index contributed by atoms with van der Waals surface area (Å²) in [6.45, 7) is 0. The third kappa shape index (κ3) is 6.21. The van der Waals surface area contributed by atoms with E-state index in [9.17, 15) is 0 Å². The van der Waals surface area contributed by atoms with Gasteiger partial charge in [-0.25, -0.2) is 9.97 Å². The molecule has 0 bridgehead atoms. The van der Waals surface area contributed by atoms with E-state index in [0.717, 1.165) is 99.7 Å². The molecule has 62 heavy (non-hydrogen) atoms. The lowest BCUT2D eigenvalue weighted by Crippen LogP contribution is -1.94. The highest BCUT2D eigenvalue weighted by molar-refractivity contribution is 6.11. The quantitative estimate of drug-likeness (QED) is 0.160. The standard InChI is InChI=1S/C56H34N4O2/c1-3-11-35(12-4-1)37-23-31-43(32-24-37)53-57-51(49-45-15-7-9-17-47(45)61-55(49)59-53)41-27-19-39(20-28-41)40-21-29-42(30-22-40)52-50-46-16-8-10-18-48(46)62-56(50)60-54(58-52)44-33-25-38(26-34-44)36-13-5-2-6-14-36/h1-34H. The monoisotopic (exact) mass is 794 g/mol. The van der Waals surface area contributed by atoms with Gasteiger partial charge in [0.15, 0.2) is 11.6 Å². The number of hydrogen-bond acceptors (Lipinski definition) is 6. The highest BCUT2D eigenvalue weighted by Gasteiger charge is 2.20. The number of hydrogen-bond donors (Lipinski definition) is 0. The van der Waals surface area contributed by atoms with Crippen molar-refractivity contribution in [1.29, 1.82) is 0 Å². The van der Waals surface area contributed by atoms with Gasteiger partial charge >= 0.3 is 0 Å². The summed E-state index contributed by atoms with van der Waals surface area (Å²) in [5, 5.41) is 3.77. The van der Waals surface area contributed by atoms with E-state index < -0.39 is 0 Å². The van der Waals surface area contributed by atoms with Crippen molar-refractivity contribution in [1.82, 2.24) is 19.9 Å². The van der Waals surface area contributed by atoms with Crippen molar-refractivity contribution in [3.63, 3.8) is 0 Å². The van der Waals surface area contributed by atoms with Gasteiger partial charge in [-0.15, -0.1) is 0 Å². The molecule has 0 aliphatic heterocycles. The van der Waals surface area contributed by atoms with E-state index in [2.05, 4.69) is 158 Å². The second-order valence-corrected chi connectivity index (χ2v) is 15.4. The highest BCUT2D eigenvalue weighted by Crippen LogP contribution is 2.39. The summed E-state index contributed by atoms with van der Waals surface area (Å²) < 4.78 is 12.7. The second kappa shape index (κ2) is 14.7. The lowest BCUT2D eigenvalue weighted by Gasteiger charge is -2.10. The minimum atomic E-state index is 0.564. The third-order valence-electron chi connectivity index (χ3n) is 11.6. The van der Waals surface area contributed by atoms with E-state index in [1.807, 2.05) is 48.5 Å². The molecule has 0 unspecified atom stereocenters. The van der Waals surface area contributed by atoms with Gasteiger partial charge in [0.05, 0.1) is 22.2 Å². The smallest absolute Gasteiger partial charge is 0.231 e. The van der Waals surface area contributed by atoms with E-state index in [4.69, 9.17) is 28.8 Å². The normalized spacial score (nSPS) is 11.5. The lowest BCUT2D eigenvalue weighted by molar-refractivity contribution is 0.653. The second-order valence-electron chi connectivity index (χ2n) is 15.4. The molecule has 6 heteroatoms. The largest absolute Gasteiger partial charge is 0.438 e. The summed E-state index contributed by atoms with van der Waals surface area (Å²) in [4.78, 5) is 20.3. The molecule has 4 heterocycles. The van der Waals surface area contributed by atoms with E-state index >= 15 is 0 Å². The third-order valence-corrected chi connectivity index (χ3v) is 11.6. The van der Waals surface area contributed by atoms with Crippen LogP contribution < -0.4 is 0 Å². The number of rotatable bonds is 7. The van der Waals surface area contributed by atoms with Crippen LogP contribution in [0.2, 0.25) is 0 Å². The Balaban J connectivity index is 0.899. The van der Waals surface area contributed by atoms with Crippen LogP contribution in [0, 0.1) is 0 Å². The molecule has 0 amide bonds. The summed E-state index contributed by atoms with van der Waals surface area (Å²) in [7, 11) is 0. The molecule has 0 aliphatic rings. The fraction of sp³-hybridized carbons (Fsp3) is 0.